The third-order valence-electron chi connectivity index (χ3n) is 4.03. The van der Waals surface area contributed by atoms with Gasteiger partial charge < -0.3 is 19.1 Å². The highest BCUT2D eigenvalue weighted by molar-refractivity contribution is 5.91. The molecular formula is C21H25NO4. The van der Waals surface area contributed by atoms with Gasteiger partial charge in [-0.05, 0) is 48.4 Å². The molecule has 0 unspecified atom stereocenters. The molecule has 0 saturated carbocycles. The van der Waals surface area contributed by atoms with Crippen LogP contribution in [0, 0.1) is 0 Å². The first-order valence-corrected chi connectivity index (χ1v) is 8.43. The number of methoxy groups -OCH3 is 3. The molecule has 0 aromatic heterocycles. The van der Waals surface area contributed by atoms with Gasteiger partial charge in [0.15, 0.2) is 11.5 Å². The average Bonchev–Trinajstić information content (AvgIpc) is 2.70. The molecule has 0 spiro atoms. The summed E-state index contributed by atoms with van der Waals surface area (Å²) < 4.78 is 15.8. The van der Waals surface area contributed by atoms with Gasteiger partial charge >= 0.3 is 0 Å². The first kappa shape index (κ1) is 19.4. The van der Waals surface area contributed by atoms with E-state index in [0.717, 1.165) is 16.9 Å². The summed E-state index contributed by atoms with van der Waals surface area (Å²) in [5, 5.41) is 0. The van der Waals surface area contributed by atoms with E-state index in [4.69, 9.17) is 14.2 Å². The molecular weight excluding hydrogens is 330 g/mol. The SMILES string of the molecule is CCN(Cc1ccc(OC)c(OC)c1)C(=O)/C=C/c1cccc(OC)c1. The minimum atomic E-state index is -0.0508. The molecule has 0 heterocycles. The predicted octanol–water partition coefficient (Wildman–Crippen LogP) is 3.77. The van der Waals surface area contributed by atoms with Crippen LogP contribution in [0.1, 0.15) is 18.1 Å². The molecule has 0 bridgehead atoms. The zero-order valence-electron chi connectivity index (χ0n) is 15.7. The van der Waals surface area contributed by atoms with Gasteiger partial charge in [-0.3, -0.25) is 4.79 Å². The molecule has 5 nitrogen and oxygen atoms in total. The Hall–Kier alpha value is -2.95. The number of carbonyl (C=O) groups is 1. The summed E-state index contributed by atoms with van der Waals surface area (Å²) in [5.74, 6) is 2.03. The Morgan fingerprint density at radius 3 is 2.42 bits per heavy atom. The number of ether oxygens (including phenoxy) is 3. The largest absolute Gasteiger partial charge is 0.497 e. The molecule has 2 rings (SSSR count). The van der Waals surface area contributed by atoms with Crippen molar-refractivity contribution in [2.75, 3.05) is 27.9 Å². The van der Waals surface area contributed by atoms with Gasteiger partial charge in [0.1, 0.15) is 5.75 Å². The van der Waals surface area contributed by atoms with Crippen LogP contribution < -0.4 is 14.2 Å². The van der Waals surface area contributed by atoms with Crippen LogP contribution in [-0.2, 0) is 11.3 Å². The smallest absolute Gasteiger partial charge is 0.246 e. The van der Waals surface area contributed by atoms with Crippen LogP contribution in [0.5, 0.6) is 17.2 Å². The first-order valence-electron chi connectivity index (χ1n) is 8.43. The Balaban J connectivity index is 2.09. The molecule has 0 radical (unpaired) electrons. The van der Waals surface area contributed by atoms with Crippen LogP contribution in [0.15, 0.2) is 48.5 Å². The lowest BCUT2D eigenvalue weighted by Crippen LogP contribution is -2.28. The molecule has 0 N–H and O–H groups in total. The van der Waals surface area contributed by atoms with Crippen molar-refractivity contribution in [3.63, 3.8) is 0 Å². The van der Waals surface area contributed by atoms with Crippen LogP contribution in [0.25, 0.3) is 6.08 Å². The maximum absolute atomic E-state index is 12.5. The van der Waals surface area contributed by atoms with Crippen molar-refractivity contribution in [3.8, 4) is 17.2 Å². The summed E-state index contributed by atoms with van der Waals surface area (Å²) in [6.45, 7) is 3.06. The van der Waals surface area contributed by atoms with E-state index in [2.05, 4.69) is 0 Å². The summed E-state index contributed by atoms with van der Waals surface area (Å²) in [6, 6.07) is 13.2. The van der Waals surface area contributed by atoms with Gasteiger partial charge in [0.05, 0.1) is 21.3 Å². The molecule has 26 heavy (non-hydrogen) atoms. The molecule has 1 amide bonds. The summed E-state index contributed by atoms with van der Waals surface area (Å²) >= 11 is 0. The minimum Gasteiger partial charge on any atom is -0.497 e. The molecule has 0 aliphatic carbocycles. The maximum Gasteiger partial charge on any atom is 0.246 e. The molecule has 0 aliphatic rings. The van der Waals surface area contributed by atoms with Crippen molar-refractivity contribution >= 4 is 12.0 Å². The minimum absolute atomic E-state index is 0.0508. The molecule has 2 aromatic carbocycles. The Bertz CT molecular complexity index is 770. The number of nitrogens with zero attached hydrogens (tertiary/aromatic N) is 1. The molecule has 0 aliphatic heterocycles. The van der Waals surface area contributed by atoms with E-state index >= 15 is 0 Å². The molecule has 0 fully saturated rings. The monoisotopic (exact) mass is 355 g/mol. The maximum atomic E-state index is 12.5. The predicted molar refractivity (Wildman–Crippen MR) is 103 cm³/mol. The van der Waals surface area contributed by atoms with Gasteiger partial charge in [-0.15, -0.1) is 0 Å². The molecule has 138 valence electrons. The summed E-state index contributed by atoms with van der Waals surface area (Å²) in [5.41, 5.74) is 1.90. The van der Waals surface area contributed by atoms with E-state index < -0.39 is 0 Å². The topological polar surface area (TPSA) is 48.0 Å². The van der Waals surface area contributed by atoms with E-state index in [9.17, 15) is 4.79 Å². The van der Waals surface area contributed by atoms with Crippen LogP contribution in [0.4, 0.5) is 0 Å². The van der Waals surface area contributed by atoms with Crippen molar-refractivity contribution in [2.24, 2.45) is 0 Å². The van der Waals surface area contributed by atoms with Crippen LogP contribution in [0.3, 0.4) is 0 Å². The zero-order chi connectivity index (χ0) is 18.9. The van der Waals surface area contributed by atoms with E-state index in [1.165, 1.54) is 0 Å². The molecule has 5 heteroatoms. The fourth-order valence-corrected chi connectivity index (χ4v) is 2.56. The van der Waals surface area contributed by atoms with Gasteiger partial charge in [-0.25, -0.2) is 0 Å². The van der Waals surface area contributed by atoms with E-state index in [0.29, 0.717) is 24.6 Å². The fourth-order valence-electron chi connectivity index (χ4n) is 2.56. The molecule has 2 aromatic rings. The van der Waals surface area contributed by atoms with Gasteiger partial charge in [-0.2, -0.15) is 0 Å². The number of rotatable bonds is 8. The van der Waals surface area contributed by atoms with E-state index in [1.54, 1.807) is 38.4 Å². The van der Waals surface area contributed by atoms with Gasteiger partial charge in [0.25, 0.3) is 0 Å². The standard InChI is InChI=1S/C21H25NO4/c1-5-22(15-17-9-11-19(25-3)20(14-17)26-4)21(23)12-10-16-7-6-8-18(13-16)24-2/h6-14H,5,15H2,1-4H3/b12-10+. The van der Waals surface area contributed by atoms with Gasteiger partial charge in [-0.1, -0.05) is 18.2 Å². The summed E-state index contributed by atoms with van der Waals surface area (Å²) in [4.78, 5) is 14.3. The molecule has 0 atom stereocenters. The Morgan fingerprint density at radius 2 is 1.77 bits per heavy atom. The van der Waals surface area contributed by atoms with Crippen LogP contribution in [-0.4, -0.2) is 38.7 Å². The second kappa shape index (κ2) is 9.51. The quantitative estimate of drug-likeness (QED) is 0.676. The van der Waals surface area contributed by atoms with E-state index in [-0.39, 0.29) is 5.91 Å². The highest BCUT2D eigenvalue weighted by Crippen LogP contribution is 2.28. The Kier molecular flexibility index (Phi) is 7.09. The Morgan fingerprint density at radius 1 is 1.00 bits per heavy atom. The summed E-state index contributed by atoms with van der Waals surface area (Å²) in [6.07, 6.45) is 3.38. The fraction of sp³-hybridized carbons (Fsp3) is 0.286. The van der Waals surface area contributed by atoms with Crippen molar-refractivity contribution in [1.29, 1.82) is 0 Å². The zero-order valence-corrected chi connectivity index (χ0v) is 15.7. The van der Waals surface area contributed by atoms with E-state index in [1.807, 2.05) is 49.4 Å². The lowest BCUT2D eigenvalue weighted by atomic mass is 10.1. The van der Waals surface area contributed by atoms with Crippen LogP contribution >= 0.6 is 0 Å². The van der Waals surface area contributed by atoms with Gasteiger partial charge in [0.2, 0.25) is 5.91 Å². The normalized spacial score (nSPS) is 10.6. The van der Waals surface area contributed by atoms with Crippen molar-refractivity contribution in [3.05, 3.63) is 59.7 Å². The van der Waals surface area contributed by atoms with Gasteiger partial charge in [0, 0.05) is 19.2 Å². The molecule has 0 saturated heterocycles. The number of hydrogen-bond acceptors (Lipinski definition) is 4. The first-order chi connectivity index (χ1) is 12.6. The van der Waals surface area contributed by atoms with Crippen molar-refractivity contribution in [2.45, 2.75) is 13.5 Å². The lowest BCUT2D eigenvalue weighted by molar-refractivity contribution is -0.126. The second-order valence-electron chi connectivity index (χ2n) is 5.65. The number of likely N-dealkylation sites (N-methyl/N-ethyl adjacent to an activating group) is 1. The second-order valence-corrected chi connectivity index (χ2v) is 5.65. The van der Waals surface area contributed by atoms with Crippen molar-refractivity contribution < 1.29 is 19.0 Å². The third-order valence-corrected chi connectivity index (χ3v) is 4.03. The van der Waals surface area contributed by atoms with Crippen molar-refractivity contribution in [1.82, 2.24) is 4.90 Å². The third kappa shape index (κ3) is 5.02. The van der Waals surface area contributed by atoms with Crippen LogP contribution in [0.2, 0.25) is 0 Å². The number of carbonyl (C=O) groups excluding carboxylic acids is 1. The summed E-state index contributed by atoms with van der Waals surface area (Å²) in [7, 11) is 4.82. The average molecular weight is 355 g/mol. The Labute approximate surface area is 154 Å². The number of hydrogen-bond donors (Lipinski definition) is 0. The number of amides is 1. The lowest BCUT2D eigenvalue weighted by Gasteiger charge is -2.20. The highest BCUT2D eigenvalue weighted by atomic mass is 16.5. The highest BCUT2D eigenvalue weighted by Gasteiger charge is 2.11. The number of benzene rings is 2.